The second-order valence-corrected chi connectivity index (χ2v) is 6.29. The number of ketones is 1. The smallest absolute Gasteiger partial charge is 0.295 e. The van der Waals surface area contributed by atoms with Gasteiger partial charge in [0.25, 0.3) is 5.91 Å². The molecule has 2 aromatic carbocycles. The van der Waals surface area contributed by atoms with Crippen LogP contribution in [0.15, 0.2) is 48.8 Å². The quantitative estimate of drug-likeness (QED) is 0.738. The van der Waals surface area contributed by atoms with Crippen LogP contribution >= 0.6 is 0 Å². The summed E-state index contributed by atoms with van der Waals surface area (Å²) in [6.07, 6.45) is 1.62. The molecule has 1 aliphatic heterocycles. The Morgan fingerprint density at radius 3 is 2.75 bits per heavy atom. The second-order valence-electron chi connectivity index (χ2n) is 6.29. The van der Waals surface area contributed by atoms with Gasteiger partial charge in [0.05, 0.1) is 23.4 Å². The molecule has 5 nitrogen and oxygen atoms in total. The number of Topliss-reactive ketones (excluding diaryl/α,β-unsaturated/α-hetero) is 1. The van der Waals surface area contributed by atoms with Crippen molar-refractivity contribution in [3.63, 3.8) is 0 Å². The number of imidazole rings is 1. The minimum absolute atomic E-state index is 0.287. The van der Waals surface area contributed by atoms with Crippen LogP contribution in [0.2, 0.25) is 0 Å². The highest BCUT2D eigenvalue weighted by Crippen LogP contribution is 2.40. The van der Waals surface area contributed by atoms with Crippen LogP contribution in [-0.4, -0.2) is 21.7 Å². The summed E-state index contributed by atoms with van der Waals surface area (Å²) in [5, 5.41) is 0. The van der Waals surface area contributed by atoms with E-state index in [1.54, 1.807) is 11.2 Å². The lowest BCUT2D eigenvalue weighted by Crippen LogP contribution is -2.29. The first-order valence-corrected chi connectivity index (χ1v) is 7.93. The molecule has 0 aliphatic carbocycles. The first-order valence-electron chi connectivity index (χ1n) is 7.93. The molecule has 2 heterocycles. The molecule has 5 heteroatoms. The molecule has 0 radical (unpaired) electrons. The third kappa shape index (κ3) is 2.12. The van der Waals surface area contributed by atoms with Crippen molar-refractivity contribution in [1.82, 2.24) is 9.97 Å². The summed E-state index contributed by atoms with van der Waals surface area (Å²) in [5.74, 6) is -1.17. The van der Waals surface area contributed by atoms with Crippen molar-refractivity contribution in [3.8, 4) is 0 Å². The number of fused-ring (bicyclic) bond motifs is 1. The number of rotatable bonds is 2. The Hall–Kier alpha value is -2.95. The molecule has 1 aliphatic rings. The summed E-state index contributed by atoms with van der Waals surface area (Å²) in [7, 11) is 0. The topological polar surface area (TPSA) is 66.1 Å². The lowest BCUT2D eigenvalue weighted by atomic mass is 9.93. The zero-order valence-electron chi connectivity index (χ0n) is 13.5. The minimum atomic E-state index is -0.451. The van der Waals surface area contributed by atoms with E-state index in [2.05, 4.69) is 9.97 Å². The zero-order valence-corrected chi connectivity index (χ0v) is 13.5. The van der Waals surface area contributed by atoms with Crippen molar-refractivity contribution in [2.24, 2.45) is 5.92 Å². The predicted octanol–water partition coefficient (Wildman–Crippen LogP) is 3.16. The Morgan fingerprint density at radius 1 is 1.12 bits per heavy atom. The van der Waals surface area contributed by atoms with E-state index in [0.29, 0.717) is 5.69 Å². The van der Waals surface area contributed by atoms with E-state index in [-0.39, 0.29) is 17.7 Å². The van der Waals surface area contributed by atoms with E-state index in [4.69, 9.17) is 0 Å². The molecule has 1 aromatic heterocycles. The number of amides is 1. The first kappa shape index (κ1) is 14.6. The normalized spacial score (nSPS) is 21.0. The Balaban J connectivity index is 1.86. The van der Waals surface area contributed by atoms with Crippen LogP contribution in [0.5, 0.6) is 0 Å². The highest BCUT2D eigenvalue weighted by Gasteiger charge is 2.46. The number of nitrogens with one attached hydrogen (secondary N) is 1. The Bertz CT molecular complexity index is 960. The molecule has 3 aromatic rings. The Kier molecular flexibility index (Phi) is 3.23. The number of aromatic amines is 1. The van der Waals surface area contributed by atoms with Gasteiger partial charge >= 0.3 is 0 Å². The van der Waals surface area contributed by atoms with Crippen LogP contribution in [0.25, 0.3) is 11.0 Å². The Morgan fingerprint density at radius 2 is 1.96 bits per heavy atom. The van der Waals surface area contributed by atoms with E-state index in [9.17, 15) is 9.59 Å². The molecule has 2 atom stereocenters. The van der Waals surface area contributed by atoms with Gasteiger partial charge in [-0.05, 0) is 30.7 Å². The maximum atomic E-state index is 12.6. The molecule has 24 heavy (non-hydrogen) atoms. The van der Waals surface area contributed by atoms with Crippen molar-refractivity contribution in [1.29, 1.82) is 0 Å². The summed E-state index contributed by atoms with van der Waals surface area (Å²) >= 11 is 0. The first-order chi connectivity index (χ1) is 11.6. The number of H-pyrrole nitrogens is 1. The molecule has 4 rings (SSSR count). The van der Waals surface area contributed by atoms with Crippen molar-refractivity contribution in [2.75, 3.05) is 4.90 Å². The standard InChI is InChI=1S/C19H17N3O2/c1-11-4-3-5-13(8-11)17-12(2)18(23)19(24)22(17)14-6-7-15-16(9-14)21-10-20-15/h3-10,12,17H,1-2H3,(H,20,21). The van der Waals surface area contributed by atoms with Gasteiger partial charge in [0.1, 0.15) is 0 Å². The number of carbonyl (C=O) groups is 2. The maximum absolute atomic E-state index is 12.6. The SMILES string of the molecule is Cc1cccc(C2C(C)C(=O)C(=O)N2c2ccc3nc[nH]c3c2)c1. The van der Waals surface area contributed by atoms with Crippen LogP contribution in [-0.2, 0) is 9.59 Å². The summed E-state index contributed by atoms with van der Waals surface area (Å²) in [6, 6.07) is 13.3. The van der Waals surface area contributed by atoms with Gasteiger partial charge in [-0.3, -0.25) is 14.5 Å². The van der Waals surface area contributed by atoms with Gasteiger partial charge in [0.2, 0.25) is 5.78 Å². The average molecular weight is 319 g/mol. The van der Waals surface area contributed by atoms with E-state index in [0.717, 1.165) is 22.2 Å². The third-order valence-electron chi connectivity index (χ3n) is 4.66. The number of benzene rings is 2. The second kappa shape index (κ2) is 5.30. The molecule has 1 amide bonds. The van der Waals surface area contributed by atoms with Crippen molar-refractivity contribution in [3.05, 3.63) is 59.9 Å². The Labute approximate surface area is 139 Å². The van der Waals surface area contributed by atoms with Crippen LogP contribution in [0.4, 0.5) is 5.69 Å². The highest BCUT2D eigenvalue weighted by molar-refractivity contribution is 6.44. The van der Waals surface area contributed by atoms with E-state index in [1.165, 1.54) is 0 Å². The van der Waals surface area contributed by atoms with Gasteiger partial charge < -0.3 is 4.98 Å². The summed E-state index contributed by atoms with van der Waals surface area (Å²) in [5.41, 5.74) is 4.47. The predicted molar refractivity (Wildman–Crippen MR) is 91.7 cm³/mol. The number of nitrogens with zero attached hydrogens (tertiary/aromatic N) is 2. The number of aryl methyl sites for hydroxylation is 1. The number of carbonyl (C=O) groups excluding carboxylic acids is 2. The fourth-order valence-corrected chi connectivity index (χ4v) is 3.45. The van der Waals surface area contributed by atoms with Gasteiger partial charge in [-0.2, -0.15) is 0 Å². The zero-order chi connectivity index (χ0) is 16.8. The molecule has 120 valence electrons. The van der Waals surface area contributed by atoms with Crippen LogP contribution in [0.3, 0.4) is 0 Å². The van der Waals surface area contributed by atoms with Crippen LogP contribution in [0, 0.1) is 12.8 Å². The van der Waals surface area contributed by atoms with Gasteiger partial charge in [0, 0.05) is 11.6 Å². The summed E-state index contributed by atoms with van der Waals surface area (Å²) < 4.78 is 0. The monoisotopic (exact) mass is 319 g/mol. The van der Waals surface area contributed by atoms with E-state index < -0.39 is 5.91 Å². The van der Waals surface area contributed by atoms with E-state index in [1.807, 2.05) is 56.3 Å². The van der Waals surface area contributed by atoms with Gasteiger partial charge in [-0.25, -0.2) is 4.98 Å². The third-order valence-corrected chi connectivity index (χ3v) is 4.66. The summed E-state index contributed by atoms with van der Waals surface area (Å²) in [4.78, 5) is 33.8. The molecule has 0 bridgehead atoms. The van der Waals surface area contributed by atoms with Gasteiger partial charge in [0.15, 0.2) is 0 Å². The van der Waals surface area contributed by atoms with E-state index >= 15 is 0 Å². The molecule has 2 unspecified atom stereocenters. The lowest BCUT2D eigenvalue weighted by molar-refractivity contribution is -0.135. The molecule has 0 saturated carbocycles. The highest BCUT2D eigenvalue weighted by atomic mass is 16.2. The van der Waals surface area contributed by atoms with Crippen LogP contribution in [0.1, 0.15) is 24.1 Å². The minimum Gasteiger partial charge on any atom is -0.345 e. The lowest BCUT2D eigenvalue weighted by Gasteiger charge is -2.26. The van der Waals surface area contributed by atoms with Gasteiger partial charge in [-0.1, -0.05) is 36.8 Å². The van der Waals surface area contributed by atoms with Gasteiger partial charge in [-0.15, -0.1) is 0 Å². The number of anilines is 1. The van der Waals surface area contributed by atoms with Crippen LogP contribution < -0.4 is 4.90 Å². The molecular formula is C19H17N3O2. The van der Waals surface area contributed by atoms with Crippen molar-refractivity contribution in [2.45, 2.75) is 19.9 Å². The number of aromatic nitrogens is 2. The molecule has 1 N–H and O–H groups in total. The number of hydrogen-bond acceptors (Lipinski definition) is 3. The molecular weight excluding hydrogens is 302 g/mol. The van der Waals surface area contributed by atoms with Crippen molar-refractivity contribution < 1.29 is 9.59 Å². The van der Waals surface area contributed by atoms with Crippen molar-refractivity contribution >= 4 is 28.4 Å². The average Bonchev–Trinajstić information content (AvgIpc) is 3.12. The molecule has 0 spiro atoms. The molecule has 1 saturated heterocycles. The largest absolute Gasteiger partial charge is 0.345 e. The maximum Gasteiger partial charge on any atom is 0.295 e. The number of hydrogen-bond donors (Lipinski definition) is 1. The summed E-state index contributed by atoms with van der Waals surface area (Å²) in [6.45, 7) is 3.83. The molecule has 1 fully saturated rings. The fraction of sp³-hybridized carbons (Fsp3) is 0.211. The fourth-order valence-electron chi connectivity index (χ4n) is 3.45.